The first-order valence-electron chi connectivity index (χ1n) is 8.11. The largest absolute Gasteiger partial charge is 0.493 e. The maximum atomic E-state index is 5.86. The van der Waals surface area contributed by atoms with E-state index in [0.29, 0.717) is 31.6 Å². The molecule has 5 heteroatoms. The Bertz CT molecular complexity index is 482. The monoisotopic (exact) mass is 321 g/mol. The van der Waals surface area contributed by atoms with E-state index in [0.717, 1.165) is 12.4 Å². The van der Waals surface area contributed by atoms with E-state index in [9.17, 15) is 0 Å². The second-order valence-electron chi connectivity index (χ2n) is 6.73. The molecule has 0 atom stereocenters. The second kappa shape index (κ2) is 9.40. The van der Waals surface area contributed by atoms with Gasteiger partial charge in [0.05, 0.1) is 19.8 Å². The highest BCUT2D eigenvalue weighted by Gasteiger charge is 2.20. The lowest BCUT2D eigenvalue weighted by molar-refractivity contribution is 0.204. The molecule has 0 spiro atoms. The minimum atomic E-state index is -0.0931. The molecule has 0 saturated carbocycles. The molecule has 23 heavy (non-hydrogen) atoms. The molecule has 1 aromatic carbocycles. The first-order valence-corrected chi connectivity index (χ1v) is 8.11. The molecule has 0 aromatic heterocycles. The van der Waals surface area contributed by atoms with Gasteiger partial charge < -0.3 is 20.5 Å². The SMILES string of the molecule is COCCNC(N)=NCC(C)(C)c1ccc(OCC(C)C)cc1. The normalized spacial score (nSPS) is 12.5. The van der Waals surface area contributed by atoms with Gasteiger partial charge in [0.15, 0.2) is 5.96 Å². The topological polar surface area (TPSA) is 68.9 Å². The number of ether oxygens (including phenoxy) is 2. The fourth-order valence-corrected chi connectivity index (χ4v) is 1.98. The Morgan fingerprint density at radius 1 is 1.26 bits per heavy atom. The summed E-state index contributed by atoms with van der Waals surface area (Å²) in [5.41, 5.74) is 6.97. The molecule has 0 saturated heterocycles. The zero-order valence-corrected chi connectivity index (χ0v) is 15.1. The third-order valence-corrected chi connectivity index (χ3v) is 3.48. The van der Waals surface area contributed by atoms with Gasteiger partial charge in [0, 0.05) is 19.1 Å². The number of aliphatic imine (C=N–C) groups is 1. The van der Waals surface area contributed by atoms with Crippen molar-refractivity contribution in [3.8, 4) is 5.75 Å². The van der Waals surface area contributed by atoms with Crippen LogP contribution in [0.5, 0.6) is 5.75 Å². The molecule has 1 rings (SSSR count). The van der Waals surface area contributed by atoms with Crippen molar-refractivity contribution in [2.75, 3.05) is 33.4 Å². The zero-order valence-electron chi connectivity index (χ0n) is 15.1. The highest BCUT2D eigenvalue weighted by Crippen LogP contribution is 2.25. The predicted octanol–water partition coefficient (Wildman–Crippen LogP) is 2.55. The minimum Gasteiger partial charge on any atom is -0.493 e. The maximum absolute atomic E-state index is 5.86. The summed E-state index contributed by atoms with van der Waals surface area (Å²) < 4.78 is 10.7. The Kier molecular flexibility index (Phi) is 7.89. The third kappa shape index (κ3) is 7.37. The predicted molar refractivity (Wildman–Crippen MR) is 96.2 cm³/mol. The molecule has 130 valence electrons. The van der Waals surface area contributed by atoms with Crippen LogP contribution in [0.3, 0.4) is 0 Å². The smallest absolute Gasteiger partial charge is 0.188 e. The summed E-state index contributed by atoms with van der Waals surface area (Å²) in [6.07, 6.45) is 0. The second-order valence-corrected chi connectivity index (χ2v) is 6.73. The molecule has 0 aliphatic heterocycles. The molecule has 0 heterocycles. The summed E-state index contributed by atoms with van der Waals surface area (Å²) in [4.78, 5) is 4.42. The van der Waals surface area contributed by atoms with E-state index >= 15 is 0 Å². The van der Waals surface area contributed by atoms with Gasteiger partial charge in [-0.3, -0.25) is 4.99 Å². The molecule has 0 amide bonds. The number of guanidine groups is 1. The summed E-state index contributed by atoms with van der Waals surface area (Å²) in [7, 11) is 1.66. The Balaban J connectivity index is 2.59. The average molecular weight is 321 g/mol. The van der Waals surface area contributed by atoms with Gasteiger partial charge in [0.2, 0.25) is 0 Å². The van der Waals surface area contributed by atoms with Crippen LogP contribution in [-0.2, 0) is 10.2 Å². The Morgan fingerprint density at radius 3 is 2.48 bits per heavy atom. The molecule has 0 bridgehead atoms. The van der Waals surface area contributed by atoms with Crippen LogP contribution >= 0.6 is 0 Å². The molecule has 1 aromatic rings. The molecule has 0 fully saturated rings. The van der Waals surface area contributed by atoms with E-state index in [1.165, 1.54) is 5.56 Å². The standard InChI is InChI=1S/C18H31N3O2/c1-14(2)12-23-16-8-6-15(7-9-16)18(3,4)13-21-17(19)20-10-11-22-5/h6-9,14H,10-13H2,1-5H3,(H3,19,20,21). The van der Waals surface area contributed by atoms with Gasteiger partial charge in [-0.05, 0) is 23.6 Å². The van der Waals surface area contributed by atoms with Gasteiger partial charge in [-0.25, -0.2) is 0 Å². The van der Waals surface area contributed by atoms with Crippen molar-refractivity contribution in [3.05, 3.63) is 29.8 Å². The fraction of sp³-hybridized carbons (Fsp3) is 0.611. The first-order chi connectivity index (χ1) is 10.8. The van der Waals surface area contributed by atoms with Gasteiger partial charge in [-0.2, -0.15) is 0 Å². The lowest BCUT2D eigenvalue weighted by Gasteiger charge is -2.23. The van der Waals surface area contributed by atoms with Crippen molar-refractivity contribution in [3.63, 3.8) is 0 Å². The van der Waals surface area contributed by atoms with Crippen LogP contribution in [0.15, 0.2) is 29.3 Å². The number of nitrogens with one attached hydrogen (secondary N) is 1. The van der Waals surface area contributed by atoms with Crippen LogP contribution in [-0.4, -0.2) is 39.4 Å². The van der Waals surface area contributed by atoms with Gasteiger partial charge >= 0.3 is 0 Å². The van der Waals surface area contributed by atoms with Gasteiger partial charge in [-0.15, -0.1) is 0 Å². The summed E-state index contributed by atoms with van der Waals surface area (Å²) in [6.45, 7) is 11.2. The minimum absolute atomic E-state index is 0.0931. The van der Waals surface area contributed by atoms with Gasteiger partial charge in [0.25, 0.3) is 0 Å². The number of methoxy groups -OCH3 is 1. The van der Waals surface area contributed by atoms with Gasteiger partial charge in [-0.1, -0.05) is 39.8 Å². The van der Waals surface area contributed by atoms with E-state index in [4.69, 9.17) is 15.2 Å². The van der Waals surface area contributed by atoms with Crippen LogP contribution in [0.1, 0.15) is 33.3 Å². The van der Waals surface area contributed by atoms with E-state index < -0.39 is 0 Å². The molecule has 0 aliphatic carbocycles. The summed E-state index contributed by atoms with van der Waals surface area (Å²) in [5.74, 6) is 1.88. The average Bonchev–Trinajstić information content (AvgIpc) is 2.52. The van der Waals surface area contributed by atoms with Crippen molar-refractivity contribution < 1.29 is 9.47 Å². The van der Waals surface area contributed by atoms with E-state index in [1.54, 1.807) is 7.11 Å². The first kappa shape index (κ1) is 19.3. The van der Waals surface area contributed by atoms with Crippen molar-refractivity contribution in [2.24, 2.45) is 16.6 Å². The van der Waals surface area contributed by atoms with Crippen molar-refractivity contribution in [2.45, 2.75) is 33.1 Å². The van der Waals surface area contributed by atoms with Gasteiger partial charge in [0.1, 0.15) is 5.75 Å². The third-order valence-electron chi connectivity index (χ3n) is 3.48. The van der Waals surface area contributed by atoms with E-state index in [1.807, 2.05) is 12.1 Å². The number of hydrogen-bond acceptors (Lipinski definition) is 3. The van der Waals surface area contributed by atoms with Crippen LogP contribution in [0.4, 0.5) is 0 Å². The lowest BCUT2D eigenvalue weighted by Crippen LogP contribution is -2.35. The molecular formula is C18H31N3O2. The van der Waals surface area contributed by atoms with Crippen molar-refractivity contribution >= 4 is 5.96 Å². The number of nitrogens with two attached hydrogens (primary N) is 1. The lowest BCUT2D eigenvalue weighted by atomic mass is 9.85. The van der Waals surface area contributed by atoms with Crippen molar-refractivity contribution in [1.82, 2.24) is 5.32 Å². The van der Waals surface area contributed by atoms with Crippen LogP contribution in [0.2, 0.25) is 0 Å². The number of rotatable bonds is 9. The Hall–Kier alpha value is -1.75. The summed E-state index contributed by atoms with van der Waals surface area (Å²) >= 11 is 0. The molecule has 0 radical (unpaired) electrons. The summed E-state index contributed by atoms with van der Waals surface area (Å²) in [5, 5.41) is 3.03. The Morgan fingerprint density at radius 2 is 1.91 bits per heavy atom. The zero-order chi connectivity index (χ0) is 17.3. The summed E-state index contributed by atoms with van der Waals surface area (Å²) in [6, 6.07) is 8.23. The number of hydrogen-bond donors (Lipinski definition) is 2. The Labute approximate surface area is 140 Å². The quantitative estimate of drug-likeness (QED) is 0.417. The highest BCUT2D eigenvalue weighted by atomic mass is 16.5. The highest BCUT2D eigenvalue weighted by molar-refractivity contribution is 5.77. The maximum Gasteiger partial charge on any atom is 0.188 e. The molecule has 5 nitrogen and oxygen atoms in total. The number of benzene rings is 1. The van der Waals surface area contributed by atoms with Crippen molar-refractivity contribution in [1.29, 1.82) is 0 Å². The fourth-order valence-electron chi connectivity index (χ4n) is 1.98. The van der Waals surface area contributed by atoms with Crippen LogP contribution in [0, 0.1) is 5.92 Å². The molecule has 3 N–H and O–H groups in total. The van der Waals surface area contributed by atoms with E-state index in [2.05, 4.69) is 50.1 Å². The van der Waals surface area contributed by atoms with Crippen LogP contribution < -0.4 is 15.8 Å². The van der Waals surface area contributed by atoms with Crippen LogP contribution in [0.25, 0.3) is 0 Å². The number of nitrogens with zero attached hydrogens (tertiary/aromatic N) is 1. The molecule has 0 unspecified atom stereocenters. The molecule has 0 aliphatic rings. The van der Waals surface area contributed by atoms with E-state index in [-0.39, 0.29) is 5.41 Å². The molecular weight excluding hydrogens is 290 g/mol.